The van der Waals surface area contributed by atoms with Crippen LogP contribution in [0.4, 0.5) is 5.82 Å². The van der Waals surface area contributed by atoms with Crippen molar-refractivity contribution in [3.8, 4) is 0 Å². The van der Waals surface area contributed by atoms with Gasteiger partial charge in [-0.25, -0.2) is 14.8 Å². The third-order valence-corrected chi connectivity index (χ3v) is 3.40. The molecule has 6 heteroatoms. The Morgan fingerprint density at radius 1 is 1.61 bits per heavy atom. The Bertz CT molecular complexity index is 438. The molecule has 1 aliphatic rings. The number of aromatic nitrogens is 2. The van der Waals surface area contributed by atoms with Crippen molar-refractivity contribution in [2.75, 3.05) is 32.1 Å². The van der Waals surface area contributed by atoms with E-state index in [1.807, 2.05) is 11.9 Å². The Hall–Kier alpha value is -1.69. The van der Waals surface area contributed by atoms with E-state index in [0.717, 1.165) is 25.9 Å². The summed E-state index contributed by atoms with van der Waals surface area (Å²) < 4.78 is 0. The van der Waals surface area contributed by atoms with Gasteiger partial charge in [-0.15, -0.1) is 0 Å². The summed E-state index contributed by atoms with van der Waals surface area (Å²) in [5.74, 6) is -0.487. The molecule has 1 aromatic heterocycles. The topological polar surface area (TPSA) is 69.6 Å². The molecular formula is C12H18N4O2. The number of piperidine rings is 1. The van der Waals surface area contributed by atoms with Crippen molar-refractivity contribution in [1.82, 2.24) is 14.9 Å². The van der Waals surface area contributed by atoms with Crippen LogP contribution in [-0.2, 0) is 0 Å². The van der Waals surface area contributed by atoms with Gasteiger partial charge in [0.05, 0.1) is 0 Å². The fourth-order valence-electron chi connectivity index (χ4n) is 2.38. The minimum atomic E-state index is -0.985. The van der Waals surface area contributed by atoms with Crippen LogP contribution in [0, 0.1) is 0 Å². The Labute approximate surface area is 106 Å². The molecule has 1 fully saturated rings. The molecule has 0 spiro atoms. The summed E-state index contributed by atoms with van der Waals surface area (Å²) in [7, 11) is 3.98. The predicted octanol–water partition coefficient (Wildman–Crippen LogP) is 0.705. The fourth-order valence-corrected chi connectivity index (χ4v) is 2.38. The highest BCUT2D eigenvalue weighted by Crippen LogP contribution is 2.21. The monoisotopic (exact) mass is 250 g/mol. The van der Waals surface area contributed by atoms with Crippen LogP contribution in [0.3, 0.4) is 0 Å². The minimum Gasteiger partial charge on any atom is -0.477 e. The van der Waals surface area contributed by atoms with Crippen LogP contribution in [0.15, 0.2) is 12.5 Å². The zero-order valence-electron chi connectivity index (χ0n) is 10.7. The predicted molar refractivity (Wildman–Crippen MR) is 67.9 cm³/mol. The summed E-state index contributed by atoms with van der Waals surface area (Å²) in [6.07, 6.45) is 4.93. The number of carboxylic acids is 1. The molecule has 18 heavy (non-hydrogen) atoms. The number of nitrogens with zero attached hydrogens (tertiary/aromatic N) is 4. The molecule has 0 aromatic carbocycles. The summed E-state index contributed by atoms with van der Waals surface area (Å²) in [4.78, 5) is 23.3. The average molecular weight is 250 g/mol. The number of carboxylic acid groups (broad SMARTS) is 1. The summed E-state index contributed by atoms with van der Waals surface area (Å²) in [5, 5.41) is 9.15. The highest BCUT2D eigenvalue weighted by Gasteiger charge is 2.25. The van der Waals surface area contributed by atoms with Crippen molar-refractivity contribution in [2.24, 2.45) is 0 Å². The lowest BCUT2D eigenvalue weighted by Crippen LogP contribution is -2.45. The maximum Gasteiger partial charge on any atom is 0.341 e. The quantitative estimate of drug-likeness (QED) is 0.852. The van der Waals surface area contributed by atoms with E-state index in [0.29, 0.717) is 11.9 Å². The van der Waals surface area contributed by atoms with Crippen molar-refractivity contribution in [3.05, 3.63) is 18.1 Å². The van der Waals surface area contributed by atoms with E-state index in [1.165, 1.54) is 12.5 Å². The number of hydrogen-bond donors (Lipinski definition) is 1. The minimum absolute atomic E-state index is 0.160. The lowest BCUT2D eigenvalue weighted by molar-refractivity contribution is 0.0696. The molecule has 0 aliphatic carbocycles. The Kier molecular flexibility index (Phi) is 3.76. The number of anilines is 1. The zero-order valence-corrected chi connectivity index (χ0v) is 10.7. The molecule has 98 valence electrons. The molecule has 2 rings (SSSR count). The molecule has 1 aromatic rings. The first kappa shape index (κ1) is 12.8. The molecule has 0 bridgehead atoms. The third-order valence-electron chi connectivity index (χ3n) is 3.40. The van der Waals surface area contributed by atoms with Gasteiger partial charge in [0.25, 0.3) is 0 Å². The van der Waals surface area contributed by atoms with E-state index >= 15 is 0 Å². The molecule has 0 radical (unpaired) electrons. The molecule has 1 saturated heterocycles. The summed E-state index contributed by atoms with van der Waals surface area (Å²) in [5.41, 5.74) is 0.160. The number of hydrogen-bond acceptors (Lipinski definition) is 5. The van der Waals surface area contributed by atoms with E-state index in [4.69, 9.17) is 5.11 Å². The van der Waals surface area contributed by atoms with Gasteiger partial charge in [-0.05, 0) is 26.4 Å². The van der Waals surface area contributed by atoms with Crippen molar-refractivity contribution in [2.45, 2.75) is 18.9 Å². The van der Waals surface area contributed by atoms with Gasteiger partial charge in [-0.1, -0.05) is 0 Å². The molecule has 1 aliphatic heterocycles. The van der Waals surface area contributed by atoms with E-state index in [2.05, 4.69) is 21.9 Å². The standard InChI is InChI=1S/C12H18N4O2/c1-15-5-3-4-9(7-15)16(2)11-10(12(17)18)6-13-8-14-11/h6,8-9H,3-5,7H2,1-2H3,(H,17,18). The number of likely N-dealkylation sites (N-methyl/N-ethyl adjacent to an activating group) is 2. The number of likely N-dealkylation sites (tertiary alicyclic amines) is 1. The molecular weight excluding hydrogens is 232 g/mol. The van der Waals surface area contributed by atoms with Crippen molar-refractivity contribution in [1.29, 1.82) is 0 Å². The van der Waals surface area contributed by atoms with Gasteiger partial charge >= 0.3 is 5.97 Å². The van der Waals surface area contributed by atoms with Crippen LogP contribution in [0.1, 0.15) is 23.2 Å². The average Bonchev–Trinajstić information content (AvgIpc) is 2.38. The SMILES string of the molecule is CN1CCCC(N(C)c2ncncc2C(=O)O)C1. The van der Waals surface area contributed by atoms with Crippen LogP contribution in [0.5, 0.6) is 0 Å². The second-order valence-electron chi connectivity index (χ2n) is 4.73. The van der Waals surface area contributed by atoms with Gasteiger partial charge in [0.2, 0.25) is 0 Å². The second kappa shape index (κ2) is 5.30. The maximum atomic E-state index is 11.2. The smallest absolute Gasteiger partial charge is 0.341 e. The third kappa shape index (κ3) is 2.59. The number of carbonyl (C=O) groups is 1. The normalized spacial score (nSPS) is 20.7. The summed E-state index contributed by atoms with van der Waals surface area (Å²) >= 11 is 0. The van der Waals surface area contributed by atoms with Gasteiger partial charge in [-0.3, -0.25) is 0 Å². The Morgan fingerprint density at radius 2 is 2.39 bits per heavy atom. The lowest BCUT2D eigenvalue weighted by Gasteiger charge is -2.36. The maximum absolute atomic E-state index is 11.2. The van der Waals surface area contributed by atoms with E-state index in [9.17, 15) is 4.79 Å². The van der Waals surface area contributed by atoms with Gasteiger partial charge in [0.1, 0.15) is 17.7 Å². The van der Waals surface area contributed by atoms with Crippen LogP contribution >= 0.6 is 0 Å². The molecule has 1 atom stereocenters. The molecule has 1 unspecified atom stereocenters. The lowest BCUT2D eigenvalue weighted by atomic mass is 10.0. The number of aromatic carboxylic acids is 1. The van der Waals surface area contributed by atoms with Gasteiger partial charge < -0.3 is 14.9 Å². The van der Waals surface area contributed by atoms with Gasteiger partial charge in [0.15, 0.2) is 0 Å². The van der Waals surface area contributed by atoms with Crippen LogP contribution in [0.25, 0.3) is 0 Å². The summed E-state index contributed by atoms with van der Waals surface area (Å²) in [6, 6.07) is 0.303. The molecule has 0 amide bonds. The van der Waals surface area contributed by atoms with Crippen LogP contribution in [0.2, 0.25) is 0 Å². The van der Waals surface area contributed by atoms with Crippen LogP contribution in [-0.4, -0.2) is 59.2 Å². The van der Waals surface area contributed by atoms with Crippen molar-refractivity contribution in [3.63, 3.8) is 0 Å². The van der Waals surface area contributed by atoms with E-state index in [-0.39, 0.29) is 5.56 Å². The highest BCUT2D eigenvalue weighted by molar-refractivity contribution is 5.92. The molecule has 6 nitrogen and oxygen atoms in total. The second-order valence-corrected chi connectivity index (χ2v) is 4.73. The molecule has 1 N–H and O–H groups in total. The first-order valence-corrected chi connectivity index (χ1v) is 6.04. The molecule has 2 heterocycles. The molecule has 0 saturated carbocycles. The number of rotatable bonds is 3. The Morgan fingerprint density at radius 3 is 3.06 bits per heavy atom. The van der Waals surface area contributed by atoms with Gasteiger partial charge in [-0.2, -0.15) is 0 Å². The van der Waals surface area contributed by atoms with Crippen molar-refractivity contribution < 1.29 is 9.90 Å². The Balaban J connectivity index is 2.22. The summed E-state index contributed by atoms with van der Waals surface area (Å²) in [6.45, 7) is 2.03. The van der Waals surface area contributed by atoms with E-state index < -0.39 is 5.97 Å². The zero-order chi connectivity index (χ0) is 13.1. The highest BCUT2D eigenvalue weighted by atomic mass is 16.4. The first-order valence-electron chi connectivity index (χ1n) is 6.04. The largest absolute Gasteiger partial charge is 0.477 e. The van der Waals surface area contributed by atoms with Gasteiger partial charge in [0, 0.05) is 25.8 Å². The van der Waals surface area contributed by atoms with Crippen LogP contribution < -0.4 is 4.90 Å². The first-order chi connectivity index (χ1) is 8.59. The fraction of sp³-hybridized carbons (Fsp3) is 0.583. The van der Waals surface area contributed by atoms with Crippen molar-refractivity contribution >= 4 is 11.8 Å². The van der Waals surface area contributed by atoms with E-state index in [1.54, 1.807) is 0 Å².